The molecule has 0 amide bonds. The predicted octanol–water partition coefficient (Wildman–Crippen LogP) is 1.96. The van der Waals surface area contributed by atoms with Crippen molar-refractivity contribution in [3.05, 3.63) is 29.8 Å². The van der Waals surface area contributed by atoms with Gasteiger partial charge in [0.15, 0.2) is 0 Å². The number of hydrogen-bond donors (Lipinski definition) is 1. The van der Waals surface area contributed by atoms with Gasteiger partial charge in [-0.15, -0.1) is 11.8 Å². The molecule has 0 unspecified atom stereocenters. The predicted molar refractivity (Wildman–Crippen MR) is 59.8 cm³/mol. The van der Waals surface area contributed by atoms with Crippen LogP contribution in [0.5, 0.6) is 0 Å². The summed E-state index contributed by atoms with van der Waals surface area (Å²) in [6.45, 7) is 1.22. The second-order valence-corrected chi connectivity index (χ2v) is 3.81. The van der Waals surface area contributed by atoms with E-state index in [0.29, 0.717) is 13.2 Å². The largest absolute Gasteiger partial charge is 0.394 e. The van der Waals surface area contributed by atoms with Crippen molar-refractivity contribution in [3.63, 3.8) is 0 Å². The highest BCUT2D eigenvalue weighted by Crippen LogP contribution is 2.14. The van der Waals surface area contributed by atoms with Crippen molar-refractivity contribution in [2.24, 2.45) is 0 Å². The zero-order valence-corrected chi connectivity index (χ0v) is 9.22. The number of ether oxygens (including phenoxy) is 1. The highest BCUT2D eigenvalue weighted by atomic mass is 32.2. The summed E-state index contributed by atoms with van der Waals surface area (Å²) < 4.78 is 5.19. The van der Waals surface area contributed by atoms with Crippen molar-refractivity contribution >= 4 is 11.8 Å². The summed E-state index contributed by atoms with van der Waals surface area (Å²) in [7, 11) is 0. The van der Waals surface area contributed by atoms with Crippen molar-refractivity contribution < 1.29 is 9.84 Å². The van der Waals surface area contributed by atoms with E-state index in [-0.39, 0.29) is 6.61 Å². The minimum Gasteiger partial charge on any atom is -0.394 e. The van der Waals surface area contributed by atoms with Gasteiger partial charge in [-0.05, 0) is 30.4 Å². The summed E-state index contributed by atoms with van der Waals surface area (Å²) in [5, 5.41) is 8.50. The van der Waals surface area contributed by atoms with Gasteiger partial charge < -0.3 is 9.84 Å². The molecule has 3 heteroatoms. The molecule has 0 aliphatic carbocycles. The van der Waals surface area contributed by atoms with Crippen LogP contribution in [-0.2, 0) is 11.2 Å². The lowest BCUT2D eigenvalue weighted by molar-refractivity contribution is 0.0944. The Morgan fingerprint density at radius 2 is 1.93 bits per heavy atom. The van der Waals surface area contributed by atoms with Gasteiger partial charge in [0, 0.05) is 4.90 Å². The van der Waals surface area contributed by atoms with E-state index < -0.39 is 0 Å². The highest BCUT2D eigenvalue weighted by Gasteiger charge is 1.94. The summed E-state index contributed by atoms with van der Waals surface area (Å²) in [5.41, 5.74) is 1.28. The smallest absolute Gasteiger partial charge is 0.0697 e. The summed E-state index contributed by atoms with van der Waals surface area (Å²) in [6.07, 6.45) is 2.98. The maximum Gasteiger partial charge on any atom is 0.0697 e. The number of aliphatic hydroxyl groups is 1. The minimum atomic E-state index is 0.103. The first-order valence-corrected chi connectivity index (χ1v) is 5.91. The van der Waals surface area contributed by atoms with Crippen LogP contribution >= 0.6 is 11.8 Å². The van der Waals surface area contributed by atoms with Crippen molar-refractivity contribution in [2.75, 3.05) is 26.1 Å². The van der Waals surface area contributed by atoms with Crippen LogP contribution in [0.1, 0.15) is 5.56 Å². The molecule has 0 spiro atoms. The van der Waals surface area contributed by atoms with Gasteiger partial charge in [-0.25, -0.2) is 0 Å². The van der Waals surface area contributed by atoms with Gasteiger partial charge in [0.2, 0.25) is 0 Å². The topological polar surface area (TPSA) is 29.5 Å². The third-order valence-electron chi connectivity index (χ3n) is 1.93. The molecule has 1 rings (SSSR count). The molecular weight excluding hydrogens is 196 g/mol. The van der Waals surface area contributed by atoms with Crippen LogP contribution in [0.15, 0.2) is 29.2 Å². The van der Waals surface area contributed by atoms with Crippen LogP contribution in [0.25, 0.3) is 0 Å². The zero-order chi connectivity index (χ0) is 10.2. The first-order chi connectivity index (χ1) is 6.86. The molecule has 0 bridgehead atoms. The highest BCUT2D eigenvalue weighted by molar-refractivity contribution is 7.98. The van der Waals surface area contributed by atoms with E-state index in [0.717, 1.165) is 6.42 Å². The number of thioether (sulfide) groups is 1. The van der Waals surface area contributed by atoms with Gasteiger partial charge in [0.05, 0.1) is 19.8 Å². The van der Waals surface area contributed by atoms with Crippen molar-refractivity contribution in [2.45, 2.75) is 11.3 Å². The van der Waals surface area contributed by atoms with E-state index in [1.807, 2.05) is 0 Å². The fourth-order valence-corrected chi connectivity index (χ4v) is 1.56. The SMILES string of the molecule is CSc1ccc(CCOCCO)cc1. The van der Waals surface area contributed by atoms with Crippen LogP contribution in [0, 0.1) is 0 Å². The van der Waals surface area contributed by atoms with Crippen LogP contribution in [-0.4, -0.2) is 31.2 Å². The van der Waals surface area contributed by atoms with Crippen LogP contribution in [0.4, 0.5) is 0 Å². The lowest BCUT2D eigenvalue weighted by atomic mass is 10.2. The fourth-order valence-electron chi connectivity index (χ4n) is 1.15. The normalized spacial score (nSPS) is 10.4. The molecule has 0 aliphatic heterocycles. The second-order valence-electron chi connectivity index (χ2n) is 2.93. The number of benzene rings is 1. The molecule has 0 radical (unpaired) electrons. The number of hydrogen-bond acceptors (Lipinski definition) is 3. The van der Waals surface area contributed by atoms with Gasteiger partial charge in [0.25, 0.3) is 0 Å². The second kappa shape index (κ2) is 6.87. The monoisotopic (exact) mass is 212 g/mol. The number of rotatable bonds is 6. The molecule has 1 aromatic carbocycles. The Balaban J connectivity index is 2.29. The summed E-state index contributed by atoms with van der Waals surface area (Å²) in [5.74, 6) is 0. The molecule has 0 saturated carbocycles. The summed E-state index contributed by atoms with van der Waals surface area (Å²) in [4.78, 5) is 1.28. The third-order valence-corrected chi connectivity index (χ3v) is 2.67. The lowest BCUT2D eigenvalue weighted by Gasteiger charge is -2.03. The maximum absolute atomic E-state index is 8.50. The molecule has 0 saturated heterocycles. The van der Waals surface area contributed by atoms with E-state index in [4.69, 9.17) is 9.84 Å². The average Bonchev–Trinajstić information content (AvgIpc) is 2.25. The van der Waals surface area contributed by atoms with Crippen LogP contribution in [0.3, 0.4) is 0 Å². The van der Waals surface area contributed by atoms with E-state index in [9.17, 15) is 0 Å². The molecule has 78 valence electrons. The zero-order valence-electron chi connectivity index (χ0n) is 8.40. The van der Waals surface area contributed by atoms with Crippen LogP contribution < -0.4 is 0 Å². The quantitative estimate of drug-likeness (QED) is 0.577. The van der Waals surface area contributed by atoms with Crippen molar-refractivity contribution in [1.29, 1.82) is 0 Å². The van der Waals surface area contributed by atoms with E-state index in [2.05, 4.69) is 30.5 Å². The minimum absolute atomic E-state index is 0.103. The molecule has 14 heavy (non-hydrogen) atoms. The average molecular weight is 212 g/mol. The first-order valence-electron chi connectivity index (χ1n) is 4.68. The Morgan fingerprint density at radius 3 is 2.50 bits per heavy atom. The Hall–Kier alpha value is -0.510. The molecule has 0 aromatic heterocycles. The molecule has 0 fully saturated rings. The van der Waals surface area contributed by atoms with Crippen molar-refractivity contribution in [1.82, 2.24) is 0 Å². The van der Waals surface area contributed by atoms with Gasteiger partial charge in [0.1, 0.15) is 0 Å². The molecule has 2 nitrogen and oxygen atoms in total. The first kappa shape index (κ1) is 11.6. The third kappa shape index (κ3) is 4.13. The molecule has 1 N–H and O–H groups in total. The van der Waals surface area contributed by atoms with E-state index in [1.165, 1.54) is 10.5 Å². The summed E-state index contributed by atoms with van der Waals surface area (Å²) in [6, 6.07) is 8.47. The van der Waals surface area contributed by atoms with Crippen LogP contribution in [0.2, 0.25) is 0 Å². The fraction of sp³-hybridized carbons (Fsp3) is 0.455. The summed E-state index contributed by atoms with van der Waals surface area (Å²) >= 11 is 1.75. The van der Waals surface area contributed by atoms with E-state index >= 15 is 0 Å². The van der Waals surface area contributed by atoms with Gasteiger partial charge in [-0.3, -0.25) is 0 Å². The molecule has 0 aliphatic rings. The molecule has 0 atom stereocenters. The standard InChI is InChI=1S/C11H16O2S/c1-14-11-4-2-10(3-5-11)6-8-13-9-7-12/h2-5,12H,6-9H2,1H3. The Morgan fingerprint density at radius 1 is 1.21 bits per heavy atom. The molecule has 1 aromatic rings. The molecular formula is C11H16O2S. The Labute approximate surface area is 89.3 Å². The van der Waals surface area contributed by atoms with Gasteiger partial charge in [-0.2, -0.15) is 0 Å². The van der Waals surface area contributed by atoms with Gasteiger partial charge in [-0.1, -0.05) is 12.1 Å². The Kier molecular flexibility index (Phi) is 5.68. The van der Waals surface area contributed by atoms with Gasteiger partial charge >= 0.3 is 0 Å². The van der Waals surface area contributed by atoms with E-state index in [1.54, 1.807) is 11.8 Å². The number of aliphatic hydroxyl groups excluding tert-OH is 1. The Bertz CT molecular complexity index is 246. The maximum atomic E-state index is 8.50. The molecule has 0 heterocycles. The lowest BCUT2D eigenvalue weighted by Crippen LogP contribution is -2.02. The van der Waals surface area contributed by atoms with Crippen molar-refractivity contribution in [3.8, 4) is 0 Å².